The summed E-state index contributed by atoms with van der Waals surface area (Å²) in [6.45, 7) is 5.76. The predicted molar refractivity (Wildman–Crippen MR) is 73.1 cm³/mol. The Hall–Kier alpha value is -0.640. The second-order valence-electron chi connectivity index (χ2n) is 5.87. The minimum atomic E-state index is -0.664. The normalized spacial score (nSPS) is 32.3. The molecule has 0 bridgehead atoms. The standard InChI is InChI=1S/C15H26O3/c1-11(10-16)8-14(17)9-12(2)13-4-6-15(3,18)7-5-13/h4,6,8,12-14,16-18H,5,7,9-10H2,1-3H3/b11-8-/t12-,13+,14+,15+/m1/s1. The summed E-state index contributed by atoms with van der Waals surface area (Å²) in [5.74, 6) is 0.790. The Morgan fingerprint density at radius 2 is 2.22 bits per heavy atom. The molecule has 0 aromatic rings. The van der Waals surface area contributed by atoms with Crippen molar-refractivity contribution in [1.82, 2.24) is 0 Å². The Morgan fingerprint density at radius 1 is 1.56 bits per heavy atom. The lowest BCUT2D eigenvalue weighted by Gasteiger charge is -2.31. The Kier molecular flexibility index (Phi) is 5.57. The summed E-state index contributed by atoms with van der Waals surface area (Å²) in [5, 5.41) is 28.6. The molecule has 0 aliphatic heterocycles. The summed E-state index contributed by atoms with van der Waals surface area (Å²) in [4.78, 5) is 0. The smallest absolute Gasteiger partial charge is 0.0800 e. The van der Waals surface area contributed by atoms with Crippen molar-refractivity contribution in [2.45, 2.75) is 51.7 Å². The highest BCUT2D eigenvalue weighted by Crippen LogP contribution is 2.32. The zero-order valence-corrected chi connectivity index (χ0v) is 11.6. The second-order valence-corrected chi connectivity index (χ2v) is 5.87. The molecule has 1 aliphatic carbocycles. The van der Waals surface area contributed by atoms with Gasteiger partial charge in [0, 0.05) is 0 Å². The van der Waals surface area contributed by atoms with Crippen LogP contribution in [0.4, 0.5) is 0 Å². The molecule has 3 nitrogen and oxygen atoms in total. The number of rotatable bonds is 5. The highest BCUT2D eigenvalue weighted by Gasteiger charge is 2.26. The summed E-state index contributed by atoms with van der Waals surface area (Å²) in [6, 6.07) is 0. The summed E-state index contributed by atoms with van der Waals surface area (Å²) >= 11 is 0. The van der Waals surface area contributed by atoms with E-state index >= 15 is 0 Å². The molecule has 0 unspecified atom stereocenters. The van der Waals surface area contributed by atoms with Crippen molar-refractivity contribution in [3.05, 3.63) is 23.8 Å². The van der Waals surface area contributed by atoms with E-state index in [0.717, 1.165) is 18.4 Å². The van der Waals surface area contributed by atoms with Gasteiger partial charge in [0.05, 0.1) is 18.3 Å². The Bertz CT molecular complexity index is 318. The zero-order chi connectivity index (χ0) is 13.8. The Balaban J connectivity index is 2.49. The molecule has 1 rings (SSSR count). The average molecular weight is 254 g/mol. The molecule has 0 spiro atoms. The quantitative estimate of drug-likeness (QED) is 0.658. The van der Waals surface area contributed by atoms with Crippen LogP contribution in [-0.4, -0.2) is 33.6 Å². The van der Waals surface area contributed by atoms with Crippen LogP contribution < -0.4 is 0 Å². The maximum atomic E-state index is 9.89. The zero-order valence-electron chi connectivity index (χ0n) is 11.6. The van der Waals surface area contributed by atoms with Crippen LogP contribution in [0.2, 0.25) is 0 Å². The van der Waals surface area contributed by atoms with Crippen LogP contribution in [0.1, 0.15) is 40.0 Å². The number of aliphatic hydroxyl groups is 3. The molecule has 104 valence electrons. The Morgan fingerprint density at radius 3 is 2.72 bits per heavy atom. The van der Waals surface area contributed by atoms with Gasteiger partial charge in [-0.3, -0.25) is 0 Å². The van der Waals surface area contributed by atoms with Gasteiger partial charge in [0.1, 0.15) is 0 Å². The molecule has 18 heavy (non-hydrogen) atoms. The molecule has 0 radical (unpaired) electrons. The topological polar surface area (TPSA) is 60.7 Å². The van der Waals surface area contributed by atoms with E-state index in [1.807, 2.05) is 19.9 Å². The lowest BCUT2D eigenvalue weighted by molar-refractivity contribution is 0.0802. The van der Waals surface area contributed by atoms with Gasteiger partial charge in [-0.05, 0) is 50.5 Å². The van der Waals surface area contributed by atoms with Crippen LogP contribution in [0, 0.1) is 11.8 Å². The van der Waals surface area contributed by atoms with Crippen LogP contribution >= 0.6 is 0 Å². The molecule has 0 fully saturated rings. The first kappa shape index (κ1) is 15.4. The lowest BCUT2D eigenvalue weighted by Crippen LogP contribution is -2.28. The van der Waals surface area contributed by atoms with Gasteiger partial charge in [0.25, 0.3) is 0 Å². The highest BCUT2D eigenvalue weighted by atomic mass is 16.3. The van der Waals surface area contributed by atoms with E-state index in [9.17, 15) is 10.2 Å². The average Bonchev–Trinajstić information content (AvgIpc) is 2.28. The molecule has 0 saturated carbocycles. The molecule has 3 heteroatoms. The fraction of sp³-hybridized carbons (Fsp3) is 0.733. The van der Waals surface area contributed by atoms with Gasteiger partial charge in [-0.25, -0.2) is 0 Å². The van der Waals surface area contributed by atoms with Crippen LogP contribution in [0.15, 0.2) is 23.8 Å². The summed E-state index contributed by atoms with van der Waals surface area (Å²) in [6.07, 6.45) is 7.60. The van der Waals surface area contributed by atoms with Gasteiger partial charge >= 0.3 is 0 Å². The highest BCUT2D eigenvalue weighted by molar-refractivity contribution is 5.07. The van der Waals surface area contributed by atoms with Crippen LogP contribution in [0.25, 0.3) is 0 Å². The van der Waals surface area contributed by atoms with Crippen molar-refractivity contribution in [3.63, 3.8) is 0 Å². The largest absolute Gasteiger partial charge is 0.392 e. The fourth-order valence-electron chi connectivity index (χ4n) is 2.45. The molecular formula is C15H26O3. The lowest BCUT2D eigenvalue weighted by atomic mass is 9.78. The predicted octanol–water partition coefficient (Wildman–Crippen LogP) is 2.03. The third-order valence-corrected chi connectivity index (χ3v) is 3.76. The molecule has 4 atom stereocenters. The number of hydrogen-bond donors (Lipinski definition) is 3. The third-order valence-electron chi connectivity index (χ3n) is 3.76. The van der Waals surface area contributed by atoms with Crippen LogP contribution in [0.3, 0.4) is 0 Å². The molecule has 0 heterocycles. The van der Waals surface area contributed by atoms with E-state index in [4.69, 9.17) is 5.11 Å². The minimum absolute atomic E-state index is 0.00234. The van der Waals surface area contributed by atoms with E-state index in [1.165, 1.54) is 0 Å². The second kappa shape index (κ2) is 6.50. The fourth-order valence-corrected chi connectivity index (χ4v) is 2.45. The molecule has 3 N–H and O–H groups in total. The van der Waals surface area contributed by atoms with Crippen molar-refractivity contribution in [3.8, 4) is 0 Å². The van der Waals surface area contributed by atoms with Gasteiger partial charge in [0.15, 0.2) is 0 Å². The van der Waals surface area contributed by atoms with E-state index in [-0.39, 0.29) is 6.61 Å². The Labute approximate surface area is 110 Å². The van der Waals surface area contributed by atoms with Crippen molar-refractivity contribution in [1.29, 1.82) is 0 Å². The van der Waals surface area contributed by atoms with E-state index < -0.39 is 11.7 Å². The van der Waals surface area contributed by atoms with Crippen LogP contribution in [-0.2, 0) is 0 Å². The summed E-state index contributed by atoms with van der Waals surface area (Å²) < 4.78 is 0. The summed E-state index contributed by atoms with van der Waals surface area (Å²) in [5.41, 5.74) is 0.138. The third kappa shape index (κ3) is 4.92. The maximum absolute atomic E-state index is 9.89. The first-order valence-electron chi connectivity index (χ1n) is 6.72. The van der Waals surface area contributed by atoms with Crippen LogP contribution in [0.5, 0.6) is 0 Å². The molecular weight excluding hydrogens is 228 g/mol. The molecule has 1 aliphatic rings. The van der Waals surface area contributed by atoms with Gasteiger partial charge < -0.3 is 15.3 Å². The SMILES string of the molecule is C/C(=C/[C@H](O)C[C@@H](C)[C@H]1C=C[C@](C)(O)CC1)CO. The number of hydrogen-bond acceptors (Lipinski definition) is 3. The van der Waals surface area contributed by atoms with Crippen molar-refractivity contribution in [2.75, 3.05) is 6.61 Å². The van der Waals surface area contributed by atoms with E-state index in [2.05, 4.69) is 13.0 Å². The monoisotopic (exact) mass is 254 g/mol. The van der Waals surface area contributed by atoms with Gasteiger partial charge in [-0.2, -0.15) is 0 Å². The van der Waals surface area contributed by atoms with Crippen molar-refractivity contribution in [2.24, 2.45) is 11.8 Å². The van der Waals surface area contributed by atoms with Crippen molar-refractivity contribution < 1.29 is 15.3 Å². The van der Waals surface area contributed by atoms with Crippen molar-refractivity contribution >= 4 is 0 Å². The number of allylic oxidation sites excluding steroid dienone is 1. The molecule has 0 aromatic carbocycles. The number of aliphatic hydroxyl groups excluding tert-OH is 2. The van der Waals surface area contributed by atoms with Gasteiger partial charge in [-0.1, -0.05) is 25.2 Å². The molecule has 0 saturated heterocycles. The van der Waals surface area contributed by atoms with E-state index in [0.29, 0.717) is 18.3 Å². The first-order chi connectivity index (χ1) is 8.34. The molecule has 0 aromatic heterocycles. The molecule has 0 amide bonds. The summed E-state index contributed by atoms with van der Waals surface area (Å²) in [7, 11) is 0. The first-order valence-corrected chi connectivity index (χ1v) is 6.72. The van der Waals surface area contributed by atoms with Gasteiger partial charge in [0.2, 0.25) is 0 Å². The van der Waals surface area contributed by atoms with E-state index in [1.54, 1.807) is 6.08 Å². The van der Waals surface area contributed by atoms with Gasteiger partial charge in [-0.15, -0.1) is 0 Å². The minimum Gasteiger partial charge on any atom is -0.392 e. The maximum Gasteiger partial charge on any atom is 0.0800 e.